The smallest absolute Gasteiger partial charge is 0.264 e. The van der Waals surface area contributed by atoms with Crippen molar-refractivity contribution in [3.8, 4) is 0 Å². The maximum absolute atomic E-state index is 13.6. The third-order valence-electron chi connectivity index (χ3n) is 5.60. The van der Waals surface area contributed by atoms with Gasteiger partial charge in [-0.05, 0) is 55.3 Å². The first kappa shape index (κ1) is 21.8. The number of sulfonamides is 1. The monoisotopic (exact) mass is 475 g/mol. The molecular formula is C25H22FN5O2S. The lowest BCUT2D eigenvalue weighted by molar-refractivity contribution is 0.597. The number of nitrogens with zero attached hydrogens (tertiary/aromatic N) is 3. The van der Waals surface area contributed by atoms with Crippen molar-refractivity contribution >= 4 is 27.6 Å². The molecule has 3 aromatic carbocycles. The normalized spacial score (nSPS) is 15.3. The van der Waals surface area contributed by atoms with Crippen LogP contribution in [0, 0.1) is 19.7 Å². The molecule has 0 radical (unpaired) electrons. The summed E-state index contributed by atoms with van der Waals surface area (Å²) in [5.74, 6) is -0.0338. The molecule has 0 saturated heterocycles. The lowest BCUT2D eigenvalue weighted by atomic mass is 10.0. The van der Waals surface area contributed by atoms with E-state index in [0.717, 1.165) is 28.0 Å². The molecule has 7 nitrogen and oxygen atoms in total. The Morgan fingerprint density at radius 1 is 0.912 bits per heavy atom. The van der Waals surface area contributed by atoms with Crippen LogP contribution >= 0.6 is 0 Å². The van der Waals surface area contributed by atoms with E-state index in [-0.39, 0.29) is 16.7 Å². The highest BCUT2D eigenvalue weighted by molar-refractivity contribution is 7.92. The van der Waals surface area contributed by atoms with Crippen LogP contribution in [0.4, 0.5) is 16.3 Å². The van der Waals surface area contributed by atoms with E-state index in [1.165, 1.54) is 24.3 Å². The molecule has 1 aliphatic heterocycles. The molecule has 1 aromatic heterocycles. The summed E-state index contributed by atoms with van der Waals surface area (Å²) >= 11 is 0. The zero-order chi connectivity index (χ0) is 23.9. The summed E-state index contributed by atoms with van der Waals surface area (Å²) in [4.78, 5) is 4.52. The van der Waals surface area contributed by atoms with Gasteiger partial charge in [0.15, 0.2) is 0 Å². The third kappa shape index (κ3) is 4.29. The van der Waals surface area contributed by atoms with Crippen LogP contribution in [-0.4, -0.2) is 23.2 Å². The second-order valence-corrected chi connectivity index (χ2v) is 9.87. The van der Waals surface area contributed by atoms with Crippen molar-refractivity contribution < 1.29 is 12.8 Å². The Balaban J connectivity index is 1.53. The molecule has 0 amide bonds. The molecule has 0 spiro atoms. The van der Waals surface area contributed by atoms with E-state index in [9.17, 15) is 12.8 Å². The highest BCUT2D eigenvalue weighted by atomic mass is 32.2. The molecule has 0 aliphatic carbocycles. The van der Waals surface area contributed by atoms with Gasteiger partial charge in [0.1, 0.15) is 11.9 Å². The fraction of sp³-hybridized carbons (Fsp3) is 0.120. The van der Waals surface area contributed by atoms with Gasteiger partial charge < -0.3 is 5.32 Å². The molecule has 0 fully saturated rings. The van der Waals surface area contributed by atoms with Gasteiger partial charge in [-0.15, -0.1) is 5.10 Å². The number of hydrogen-bond donors (Lipinski definition) is 2. The van der Waals surface area contributed by atoms with Crippen LogP contribution in [0.15, 0.2) is 83.8 Å². The summed E-state index contributed by atoms with van der Waals surface area (Å²) in [6.07, 6.45) is 1.96. The zero-order valence-corrected chi connectivity index (χ0v) is 19.3. The van der Waals surface area contributed by atoms with Crippen molar-refractivity contribution in [2.75, 3.05) is 10.0 Å². The van der Waals surface area contributed by atoms with Gasteiger partial charge in [-0.3, -0.25) is 0 Å². The number of nitrogens with one attached hydrogen (secondary N) is 2. The first-order valence-electron chi connectivity index (χ1n) is 10.7. The summed E-state index contributed by atoms with van der Waals surface area (Å²) in [7, 11) is -3.87. The van der Waals surface area contributed by atoms with E-state index in [0.29, 0.717) is 5.95 Å². The molecule has 172 valence electrons. The van der Waals surface area contributed by atoms with Crippen LogP contribution in [-0.2, 0) is 10.0 Å². The number of fused-ring (bicyclic) bond motifs is 1. The Bertz CT molecular complexity index is 1480. The van der Waals surface area contributed by atoms with Gasteiger partial charge in [0.05, 0.1) is 4.90 Å². The minimum absolute atomic E-state index is 0.0613. The molecule has 0 bridgehead atoms. The topological polar surface area (TPSA) is 88.9 Å². The van der Waals surface area contributed by atoms with E-state index >= 15 is 0 Å². The minimum Gasteiger partial charge on any atom is -0.324 e. The van der Waals surface area contributed by atoms with Gasteiger partial charge in [0, 0.05) is 5.70 Å². The van der Waals surface area contributed by atoms with Gasteiger partial charge in [-0.1, -0.05) is 59.7 Å². The van der Waals surface area contributed by atoms with E-state index in [1.54, 1.807) is 28.9 Å². The average molecular weight is 476 g/mol. The van der Waals surface area contributed by atoms with Crippen molar-refractivity contribution in [1.82, 2.24) is 14.8 Å². The summed E-state index contributed by atoms with van der Waals surface area (Å²) in [6, 6.07) is 20.2. The second-order valence-electron chi connectivity index (χ2n) is 8.19. The molecule has 0 saturated carbocycles. The van der Waals surface area contributed by atoms with Crippen molar-refractivity contribution in [3.05, 3.63) is 107 Å². The molecular weight excluding hydrogens is 453 g/mol. The maximum atomic E-state index is 13.6. The van der Waals surface area contributed by atoms with E-state index in [1.807, 2.05) is 44.2 Å². The Labute approximate surface area is 197 Å². The number of allylic oxidation sites excluding steroid dienone is 1. The van der Waals surface area contributed by atoms with Crippen molar-refractivity contribution in [3.63, 3.8) is 0 Å². The number of rotatable bonds is 5. The number of aryl methyl sites for hydroxylation is 2. The minimum atomic E-state index is -3.87. The van der Waals surface area contributed by atoms with Crippen LogP contribution in [0.1, 0.15) is 28.3 Å². The van der Waals surface area contributed by atoms with Crippen LogP contribution < -0.4 is 10.0 Å². The summed E-state index contributed by atoms with van der Waals surface area (Å²) in [5.41, 5.74) is 4.60. The number of hydrogen-bond acceptors (Lipinski definition) is 5. The Hall–Kier alpha value is -3.98. The fourth-order valence-corrected chi connectivity index (χ4v) is 4.67. The quantitative estimate of drug-likeness (QED) is 0.429. The number of anilines is 2. The molecule has 5 rings (SSSR count). The van der Waals surface area contributed by atoms with Crippen molar-refractivity contribution in [2.45, 2.75) is 24.8 Å². The van der Waals surface area contributed by atoms with Gasteiger partial charge in [-0.25, -0.2) is 22.2 Å². The molecule has 4 aromatic rings. The average Bonchev–Trinajstić information content (AvgIpc) is 3.21. The van der Waals surface area contributed by atoms with Crippen molar-refractivity contribution in [1.29, 1.82) is 0 Å². The molecule has 2 heterocycles. The first-order chi connectivity index (χ1) is 16.3. The summed E-state index contributed by atoms with van der Waals surface area (Å²) in [5, 5.41) is 7.65. The Morgan fingerprint density at radius 3 is 2.18 bits per heavy atom. The highest BCUT2D eigenvalue weighted by Crippen LogP contribution is 2.33. The van der Waals surface area contributed by atoms with Crippen molar-refractivity contribution in [2.24, 2.45) is 0 Å². The molecule has 1 atom stereocenters. The predicted molar refractivity (Wildman–Crippen MR) is 129 cm³/mol. The van der Waals surface area contributed by atoms with Crippen LogP contribution in [0.25, 0.3) is 5.70 Å². The summed E-state index contributed by atoms with van der Waals surface area (Å²) < 4.78 is 43.3. The number of halogens is 1. The molecule has 9 heteroatoms. The Kier molecular flexibility index (Phi) is 5.41. The maximum Gasteiger partial charge on any atom is 0.264 e. The SMILES string of the molecule is Cc1ccc(C2=C[C@H](c3ccc(F)cc3)n3nc(NS(=O)(=O)c4ccc(C)cc4)nc3N2)cc1. The summed E-state index contributed by atoms with van der Waals surface area (Å²) in [6.45, 7) is 3.89. The lowest BCUT2D eigenvalue weighted by Gasteiger charge is -2.24. The molecule has 34 heavy (non-hydrogen) atoms. The van der Waals surface area contributed by atoms with E-state index in [4.69, 9.17) is 0 Å². The van der Waals surface area contributed by atoms with Gasteiger partial charge >= 0.3 is 0 Å². The van der Waals surface area contributed by atoms with E-state index in [2.05, 4.69) is 20.1 Å². The van der Waals surface area contributed by atoms with Gasteiger partial charge in [0.25, 0.3) is 16.0 Å². The second kappa shape index (κ2) is 8.42. The lowest BCUT2D eigenvalue weighted by Crippen LogP contribution is -2.20. The molecule has 0 unspecified atom stereocenters. The Morgan fingerprint density at radius 2 is 1.53 bits per heavy atom. The fourth-order valence-electron chi connectivity index (χ4n) is 3.73. The molecule has 2 N–H and O–H groups in total. The van der Waals surface area contributed by atoms with Crippen LogP contribution in [0.2, 0.25) is 0 Å². The van der Waals surface area contributed by atoms with Crippen LogP contribution in [0.5, 0.6) is 0 Å². The zero-order valence-electron chi connectivity index (χ0n) is 18.5. The van der Waals surface area contributed by atoms with E-state index < -0.39 is 16.1 Å². The number of aromatic nitrogens is 3. The number of benzene rings is 3. The highest BCUT2D eigenvalue weighted by Gasteiger charge is 2.27. The first-order valence-corrected chi connectivity index (χ1v) is 12.1. The van der Waals surface area contributed by atoms with Crippen LogP contribution in [0.3, 0.4) is 0 Å². The largest absolute Gasteiger partial charge is 0.324 e. The van der Waals surface area contributed by atoms with Gasteiger partial charge in [0.2, 0.25) is 5.95 Å². The predicted octanol–water partition coefficient (Wildman–Crippen LogP) is 4.89. The van der Waals surface area contributed by atoms with Gasteiger partial charge in [-0.2, -0.15) is 4.98 Å². The molecule has 1 aliphatic rings. The standard InChI is InChI=1S/C25H22FN5O2S/c1-16-3-7-18(8-4-16)22-15-23(19-9-11-20(26)12-10-19)31-25(27-22)28-24(29-31)30-34(32,33)21-13-5-17(2)6-14-21/h3-15,23H,1-2H3,(H2,27,28,29,30)/t23-/m1/s1. The third-order valence-corrected chi connectivity index (χ3v) is 6.94.